The molecule has 5 heteroatoms. The molecule has 190 valence electrons. The maximum absolute atomic E-state index is 13.2. The summed E-state index contributed by atoms with van der Waals surface area (Å²) >= 11 is 0. The Balaban J connectivity index is 1.92. The molecule has 0 bridgehead atoms. The van der Waals surface area contributed by atoms with Gasteiger partial charge in [0.05, 0.1) is 32.9 Å². The molecule has 3 aromatic rings. The molecule has 3 atom stereocenters. The van der Waals surface area contributed by atoms with E-state index in [4.69, 9.17) is 14.2 Å². The number of carbonyl (C=O) groups is 1. The minimum Gasteiger partial charge on any atom is -0.496 e. The van der Waals surface area contributed by atoms with Crippen molar-refractivity contribution < 1.29 is 19.0 Å². The fourth-order valence-electron chi connectivity index (χ4n) is 5.76. The molecule has 1 fully saturated rings. The molecule has 0 saturated carbocycles. The third-order valence-electron chi connectivity index (χ3n) is 7.19. The van der Waals surface area contributed by atoms with Crippen LogP contribution in [-0.4, -0.2) is 37.7 Å². The van der Waals surface area contributed by atoms with E-state index in [9.17, 15) is 4.79 Å². The van der Waals surface area contributed by atoms with E-state index in [0.29, 0.717) is 6.61 Å². The number of nitrogens with zero attached hydrogens (tertiary/aromatic N) is 1. The average Bonchev–Trinajstić information content (AvgIpc) is 3.54. The van der Waals surface area contributed by atoms with E-state index in [2.05, 4.69) is 75.9 Å². The molecule has 0 N–H and O–H groups in total. The van der Waals surface area contributed by atoms with Crippen molar-refractivity contribution in [3.05, 3.63) is 93.0 Å². The van der Waals surface area contributed by atoms with Gasteiger partial charge in [-0.25, -0.2) is 0 Å². The SMILES string of the molecule is CCOC(=O)[C@H]1[C@@H](c2ccccc2C)N1C(c1cc(C)c(OC)c(C)c1)c1cc(C)c(OC)c(C)c1. The minimum absolute atomic E-state index is 0.0688. The number of ether oxygens (including phenoxy) is 3. The monoisotopic (exact) mass is 487 g/mol. The molecule has 1 heterocycles. The van der Waals surface area contributed by atoms with Crippen LogP contribution in [0.15, 0.2) is 48.5 Å². The summed E-state index contributed by atoms with van der Waals surface area (Å²) in [6.07, 6.45) is 0. The van der Waals surface area contributed by atoms with Crippen LogP contribution in [0.3, 0.4) is 0 Å². The van der Waals surface area contributed by atoms with Gasteiger partial charge in [0, 0.05) is 0 Å². The minimum atomic E-state index is -0.360. The molecule has 1 saturated heterocycles. The predicted octanol–water partition coefficient (Wildman–Crippen LogP) is 6.32. The molecule has 36 heavy (non-hydrogen) atoms. The van der Waals surface area contributed by atoms with Crippen molar-refractivity contribution in [1.82, 2.24) is 4.90 Å². The molecular formula is C31H37NO4. The molecule has 1 aliphatic heterocycles. The second-order valence-electron chi connectivity index (χ2n) is 9.72. The highest BCUT2D eigenvalue weighted by molar-refractivity contribution is 5.81. The molecule has 4 rings (SSSR count). The summed E-state index contributed by atoms with van der Waals surface area (Å²) in [5.41, 5.74) is 8.86. The number of esters is 1. The van der Waals surface area contributed by atoms with E-state index in [-0.39, 0.29) is 24.1 Å². The zero-order valence-corrected chi connectivity index (χ0v) is 22.6. The van der Waals surface area contributed by atoms with Crippen molar-refractivity contribution in [1.29, 1.82) is 0 Å². The van der Waals surface area contributed by atoms with Gasteiger partial charge in [-0.1, -0.05) is 48.5 Å². The van der Waals surface area contributed by atoms with Crippen molar-refractivity contribution in [2.75, 3.05) is 20.8 Å². The van der Waals surface area contributed by atoms with E-state index in [1.165, 1.54) is 5.56 Å². The summed E-state index contributed by atoms with van der Waals surface area (Å²) in [6.45, 7) is 12.6. The van der Waals surface area contributed by atoms with Gasteiger partial charge in [-0.2, -0.15) is 0 Å². The van der Waals surface area contributed by atoms with Gasteiger partial charge in [-0.05, 0) is 86.1 Å². The maximum Gasteiger partial charge on any atom is 0.325 e. The van der Waals surface area contributed by atoms with E-state index in [0.717, 1.165) is 50.4 Å². The zero-order chi connectivity index (χ0) is 26.1. The zero-order valence-electron chi connectivity index (χ0n) is 22.6. The highest BCUT2D eigenvalue weighted by Crippen LogP contribution is 2.53. The van der Waals surface area contributed by atoms with Crippen LogP contribution >= 0.6 is 0 Å². The quantitative estimate of drug-likeness (QED) is 0.275. The van der Waals surface area contributed by atoms with E-state index in [1.54, 1.807) is 14.2 Å². The Bertz CT molecular complexity index is 1180. The van der Waals surface area contributed by atoms with Crippen LogP contribution in [0.25, 0.3) is 0 Å². The Kier molecular flexibility index (Phi) is 7.41. The number of hydrogen-bond acceptors (Lipinski definition) is 5. The average molecular weight is 488 g/mol. The summed E-state index contributed by atoms with van der Waals surface area (Å²) in [7, 11) is 3.41. The van der Waals surface area contributed by atoms with Gasteiger partial charge in [0.2, 0.25) is 0 Å². The number of methoxy groups -OCH3 is 2. The first-order chi connectivity index (χ1) is 17.2. The molecule has 0 amide bonds. The third-order valence-corrected chi connectivity index (χ3v) is 7.19. The Morgan fingerprint density at radius 1 is 0.806 bits per heavy atom. The molecule has 0 aromatic heterocycles. The van der Waals surface area contributed by atoms with Gasteiger partial charge in [0.15, 0.2) is 0 Å². The lowest BCUT2D eigenvalue weighted by Crippen LogP contribution is -2.21. The molecule has 0 aliphatic carbocycles. The van der Waals surface area contributed by atoms with E-state index >= 15 is 0 Å². The number of benzene rings is 3. The largest absolute Gasteiger partial charge is 0.496 e. The predicted molar refractivity (Wildman–Crippen MR) is 143 cm³/mol. The molecule has 0 radical (unpaired) electrons. The normalized spacial score (nSPS) is 18.8. The third kappa shape index (κ3) is 4.60. The Hall–Kier alpha value is -3.31. The smallest absolute Gasteiger partial charge is 0.325 e. The molecular weight excluding hydrogens is 450 g/mol. The fourth-order valence-corrected chi connectivity index (χ4v) is 5.76. The summed E-state index contributed by atoms with van der Waals surface area (Å²) in [5, 5.41) is 0. The lowest BCUT2D eigenvalue weighted by molar-refractivity contribution is -0.143. The van der Waals surface area contributed by atoms with Crippen LogP contribution in [-0.2, 0) is 9.53 Å². The highest BCUT2D eigenvalue weighted by Gasteiger charge is 2.58. The number of aryl methyl sites for hydroxylation is 5. The molecule has 5 nitrogen and oxygen atoms in total. The number of hydrogen-bond donors (Lipinski definition) is 0. The van der Waals surface area contributed by atoms with Crippen LogP contribution in [0.5, 0.6) is 11.5 Å². The lowest BCUT2D eigenvalue weighted by atomic mass is 9.92. The molecule has 1 aliphatic rings. The standard InChI is InChI=1S/C31H37NO4/c1-9-36-31(33)28-27(25-13-11-10-12-18(25)2)32(28)26(23-14-19(3)29(34-7)20(4)15-23)24-16-21(5)30(35-8)22(6)17-24/h10-17,26-28H,9H2,1-8H3/t27-,28-,32?/m1/s1. The van der Waals surface area contributed by atoms with Gasteiger partial charge in [-0.3, -0.25) is 9.69 Å². The Morgan fingerprint density at radius 3 is 1.69 bits per heavy atom. The highest BCUT2D eigenvalue weighted by atomic mass is 16.5. The van der Waals surface area contributed by atoms with Crippen molar-refractivity contribution in [2.24, 2.45) is 0 Å². The lowest BCUT2D eigenvalue weighted by Gasteiger charge is -2.25. The van der Waals surface area contributed by atoms with Gasteiger partial charge in [0.1, 0.15) is 17.5 Å². The summed E-state index contributed by atoms with van der Waals surface area (Å²) in [4.78, 5) is 15.5. The topological polar surface area (TPSA) is 47.8 Å². The summed E-state index contributed by atoms with van der Waals surface area (Å²) in [6, 6.07) is 16.5. The first-order valence-corrected chi connectivity index (χ1v) is 12.5. The second kappa shape index (κ2) is 10.4. The van der Waals surface area contributed by atoms with E-state index in [1.807, 2.05) is 19.1 Å². The van der Waals surface area contributed by atoms with Crippen LogP contribution < -0.4 is 9.47 Å². The molecule has 1 unspecified atom stereocenters. The number of carbonyl (C=O) groups excluding carboxylic acids is 1. The van der Waals surface area contributed by atoms with Crippen LogP contribution in [0.2, 0.25) is 0 Å². The maximum atomic E-state index is 13.2. The molecule has 3 aromatic carbocycles. The molecule has 0 spiro atoms. The Morgan fingerprint density at radius 2 is 1.28 bits per heavy atom. The Labute approximate surface area is 215 Å². The number of rotatable bonds is 8. The summed E-state index contributed by atoms with van der Waals surface area (Å²) < 4.78 is 16.9. The second-order valence-corrected chi connectivity index (χ2v) is 9.72. The van der Waals surface area contributed by atoms with Crippen molar-refractivity contribution >= 4 is 5.97 Å². The summed E-state index contributed by atoms with van der Waals surface area (Å²) in [5.74, 6) is 1.60. The van der Waals surface area contributed by atoms with Crippen molar-refractivity contribution in [3.8, 4) is 11.5 Å². The van der Waals surface area contributed by atoms with Gasteiger partial charge in [-0.15, -0.1) is 0 Å². The van der Waals surface area contributed by atoms with Crippen LogP contribution in [0.1, 0.15) is 63.5 Å². The van der Waals surface area contributed by atoms with E-state index < -0.39 is 0 Å². The van der Waals surface area contributed by atoms with Gasteiger partial charge in [0.25, 0.3) is 0 Å². The van der Waals surface area contributed by atoms with Crippen LogP contribution in [0.4, 0.5) is 0 Å². The fraction of sp³-hybridized carbons (Fsp3) is 0.387. The van der Waals surface area contributed by atoms with Crippen LogP contribution in [0, 0.1) is 34.6 Å². The van der Waals surface area contributed by atoms with Crippen molar-refractivity contribution in [2.45, 2.75) is 59.7 Å². The van der Waals surface area contributed by atoms with Crippen molar-refractivity contribution in [3.63, 3.8) is 0 Å². The first-order valence-electron chi connectivity index (χ1n) is 12.5. The van der Waals surface area contributed by atoms with Gasteiger partial charge >= 0.3 is 5.97 Å². The van der Waals surface area contributed by atoms with Gasteiger partial charge < -0.3 is 14.2 Å². The first kappa shape index (κ1) is 25.8.